The van der Waals surface area contributed by atoms with Crippen LogP contribution < -0.4 is 0 Å². The van der Waals surface area contributed by atoms with Crippen molar-refractivity contribution in [3.05, 3.63) is 54.5 Å². The van der Waals surface area contributed by atoms with Crippen LogP contribution in [0.15, 0.2) is 54.0 Å². The fourth-order valence-electron chi connectivity index (χ4n) is 3.10. The van der Waals surface area contributed by atoms with E-state index in [1.54, 1.807) is 18.0 Å². The van der Waals surface area contributed by atoms with Gasteiger partial charge in [-0.2, -0.15) is 5.10 Å². The molecule has 28 heavy (non-hydrogen) atoms. The number of ether oxygens (including phenoxy) is 1. The number of fused-ring (bicyclic) bond motifs is 1. The first-order valence-electron chi connectivity index (χ1n) is 8.84. The average molecular weight is 400 g/mol. The normalized spacial score (nSPS) is 25.1. The third-order valence-electron chi connectivity index (χ3n) is 4.54. The molecular formula is C19H20N4O4S. The van der Waals surface area contributed by atoms with E-state index in [4.69, 9.17) is 4.74 Å². The van der Waals surface area contributed by atoms with E-state index in [-0.39, 0.29) is 0 Å². The van der Waals surface area contributed by atoms with E-state index in [1.807, 2.05) is 36.4 Å². The Bertz CT molecular complexity index is 965. The smallest absolute Gasteiger partial charge is 0.181 e. The first kappa shape index (κ1) is 19.0. The molecule has 9 heteroatoms. The van der Waals surface area contributed by atoms with Crippen LogP contribution in [0.1, 0.15) is 11.8 Å². The molecule has 4 unspecified atom stereocenters. The molecule has 146 valence electrons. The summed E-state index contributed by atoms with van der Waals surface area (Å²) in [5, 5.41) is 35.2. The van der Waals surface area contributed by atoms with Gasteiger partial charge in [0.1, 0.15) is 29.7 Å². The maximum Gasteiger partial charge on any atom is 0.181 e. The summed E-state index contributed by atoms with van der Waals surface area (Å²) >= 11 is 1.55. The van der Waals surface area contributed by atoms with Crippen LogP contribution in [0.3, 0.4) is 0 Å². The first-order valence-corrected chi connectivity index (χ1v) is 9.82. The zero-order valence-corrected chi connectivity index (χ0v) is 15.7. The van der Waals surface area contributed by atoms with Crippen molar-refractivity contribution in [1.82, 2.24) is 19.7 Å². The summed E-state index contributed by atoms with van der Waals surface area (Å²) < 4.78 is 6.97. The van der Waals surface area contributed by atoms with Crippen molar-refractivity contribution >= 4 is 28.9 Å². The van der Waals surface area contributed by atoms with Crippen molar-refractivity contribution in [3.8, 4) is 0 Å². The summed E-state index contributed by atoms with van der Waals surface area (Å²) in [5.41, 5.74) is 1.63. The number of nitrogens with zero attached hydrogens (tertiary/aromatic N) is 4. The molecule has 0 bridgehead atoms. The van der Waals surface area contributed by atoms with Gasteiger partial charge in [-0.25, -0.2) is 14.6 Å². The number of hydrogen-bond acceptors (Lipinski definition) is 8. The first-order chi connectivity index (χ1) is 13.7. The molecule has 1 aromatic carbocycles. The maximum absolute atomic E-state index is 10.2. The van der Waals surface area contributed by atoms with Gasteiger partial charge >= 0.3 is 0 Å². The number of hydrogen-bond donors (Lipinski definition) is 3. The molecule has 8 nitrogen and oxygen atoms in total. The molecule has 2 aromatic heterocycles. The average Bonchev–Trinajstić information content (AvgIpc) is 3.28. The van der Waals surface area contributed by atoms with Gasteiger partial charge in [-0.1, -0.05) is 42.5 Å². The number of aromatic nitrogens is 4. The minimum atomic E-state index is -1.21. The molecule has 0 saturated carbocycles. The predicted molar refractivity (Wildman–Crippen MR) is 105 cm³/mol. The lowest BCUT2D eigenvalue weighted by Crippen LogP contribution is -2.33. The second-order valence-corrected chi connectivity index (χ2v) is 7.37. The molecule has 1 saturated heterocycles. The lowest BCUT2D eigenvalue weighted by molar-refractivity contribution is -0.0566. The summed E-state index contributed by atoms with van der Waals surface area (Å²) in [4.78, 5) is 8.58. The van der Waals surface area contributed by atoms with E-state index in [0.29, 0.717) is 5.65 Å². The van der Waals surface area contributed by atoms with Gasteiger partial charge in [-0.05, 0) is 5.56 Å². The van der Waals surface area contributed by atoms with Crippen LogP contribution in [-0.2, 0) is 4.74 Å². The summed E-state index contributed by atoms with van der Waals surface area (Å²) in [6, 6.07) is 10.0. The van der Waals surface area contributed by atoms with E-state index in [0.717, 1.165) is 21.7 Å². The minimum Gasteiger partial charge on any atom is -0.394 e. The summed E-state index contributed by atoms with van der Waals surface area (Å²) in [7, 11) is 0. The standard InChI is InChI=1S/C19H20N4O4S/c24-10-14-15(25)16(26)19(27-14)23-17-13(9-22-23)18(21-11-20-17)28-8-4-7-12-5-2-1-3-6-12/h1-7,9,11,14-16,19,24-26H,8,10H2/b7-4+. The molecule has 4 atom stereocenters. The molecule has 1 aliphatic rings. The van der Waals surface area contributed by atoms with Gasteiger partial charge in [-0.3, -0.25) is 0 Å². The van der Waals surface area contributed by atoms with Gasteiger partial charge in [0.2, 0.25) is 0 Å². The van der Waals surface area contributed by atoms with Gasteiger partial charge in [0, 0.05) is 5.75 Å². The van der Waals surface area contributed by atoms with Crippen molar-refractivity contribution in [2.45, 2.75) is 29.6 Å². The van der Waals surface area contributed by atoms with Crippen molar-refractivity contribution < 1.29 is 20.1 Å². The number of benzene rings is 1. The Balaban J connectivity index is 1.52. The fourth-order valence-corrected chi connectivity index (χ4v) is 3.87. The largest absolute Gasteiger partial charge is 0.394 e. The van der Waals surface area contributed by atoms with Crippen molar-refractivity contribution in [1.29, 1.82) is 0 Å². The Labute approximate surface area is 165 Å². The summed E-state index contributed by atoms with van der Waals surface area (Å²) in [5.74, 6) is 0.722. The van der Waals surface area contributed by atoms with E-state index in [1.165, 1.54) is 11.0 Å². The molecule has 0 aliphatic carbocycles. The van der Waals surface area contributed by atoms with Crippen molar-refractivity contribution in [2.24, 2.45) is 0 Å². The van der Waals surface area contributed by atoms with Crippen LogP contribution in [0.4, 0.5) is 0 Å². The molecule has 0 spiro atoms. The monoisotopic (exact) mass is 400 g/mol. The predicted octanol–water partition coefficient (Wildman–Crippen LogP) is 1.24. The number of rotatable bonds is 6. The van der Waals surface area contributed by atoms with Gasteiger partial charge < -0.3 is 20.1 Å². The zero-order chi connectivity index (χ0) is 19.5. The Morgan fingerprint density at radius 3 is 2.71 bits per heavy atom. The van der Waals surface area contributed by atoms with Crippen LogP contribution in [-0.4, -0.2) is 65.7 Å². The number of aliphatic hydroxyl groups excluding tert-OH is 3. The molecule has 3 N–H and O–H groups in total. The second kappa shape index (κ2) is 8.38. The van der Waals surface area contributed by atoms with Crippen molar-refractivity contribution in [3.63, 3.8) is 0 Å². The van der Waals surface area contributed by atoms with Crippen LogP contribution in [0, 0.1) is 0 Å². The molecule has 0 amide bonds. The molecular weight excluding hydrogens is 380 g/mol. The van der Waals surface area contributed by atoms with Crippen LogP contribution in [0.25, 0.3) is 17.1 Å². The lowest BCUT2D eigenvalue weighted by atomic mass is 10.1. The number of aliphatic hydroxyl groups is 3. The highest BCUT2D eigenvalue weighted by atomic mass is 32.2. The third kappa shape index (κ3) is 3.67. The molecule has 4 rings (SSSR count). The molecule has 3 heterocycles. The van der Waals surface area contributed by atoms with Gasteiger partial charge in [0.25, 0.3) is 0 Å². The topological polar surface area (TPSA) is 114 Å². The second-order valence-electron chi connectivity index (χ2n) is 6.36. The van der Waals surface area contributed by atoms with E-state index < -0.39 is 31.1 Å². The molecule has 1 aliphatic heterocycles. The van der Waals surface area contributed by atoms with E-state index in [2.05, 4.69) is 21.1 Å². The summed E-state index contributed by atoms with van der Waals surface area (Å²) in [6.45, 7) is -0.391. The Hall–Kier alpha value is -2.30. The van der Waals surface area contributed by atoms with Gasteiger partial charge in [0.15, 0.2) is 11.9 Å². The Morgan fingerprint density at radius 2 is 1.96 bits per heavy atom. The molecule has 0 radical (unpaired) electrons. The van der Waals surface area contributed by atoms with Crippen LogP contribution in [0.5, 0.6) is 0 Å². The van der Waals surface area contributed by atoms with E-state index in [9.17, 15) is 15.3 Å². The quantitative estimate of drug-likeness (QED) is 0.418. The summed E-state index contributed by atoms with van der Waals surface area (Å²) in [6.07, 6.45) is 2.98. The molecule has 3 aromatic rings. The zero-order valence-electron chi connectivity index (χ0n) is 14.9. The highest BCUT2D eigenvalue weighted by molar-refractivity contribution is 7.99. The highest BCUT2D eigenvalue weighted by Gasteiger charge is 2.44. The number of thioether (sulfide) groups is 1. The van der Waals surface area contributed by atoms with Crippen molar-refractivity contribution in [2.75, 3.05) is 12.4 Å². The van der Waals surface area contributed by atoms with Crippen LogP contribution in [0.2, 0.25) is 0 Å². The lowest BCUT2D eigenvalue weighted by Gasteiger charge is -2.15. The maximum atomic E-state index is 10.2. The van der Waals surface area contributed by atoms with Crippen LogP contribution >= 0.6 is 11.8 Å². The fraction of sp³-hybridized carbons (Fsp3) is 0.316. The Morgan fingerprint density at radius 1 is 1.14 bits per heavy atom. The highest BCUT2D eigenvalue weighted by Crippen LogP contribution is 2.32. The van der Waals surface area contributed by atoms with Gasteiger partial charge in [-0.15, -0.1) is 11.8 Å². The third-order valence-corrected chi connectivity index (χ3v) is 5.50. The molecule has 1 fully saturated rings. The minimum absolute atomic E-state index is 0.391. The van der Waals surface area contributed by atoms with Gasteiger partial charge in [0.05, 0.1) is 18.2 Å². The Kier molecular flexibility index (Phi) is 5.69. The van der Waals surface area contributed by atoms with E-state index >= 15 is 0 Å². The SMILES string of the molecule is OCC1OC(n2ncc3c(SC/C=C/c4ccccc4)ncnc32)C(O)C1O.